The Balaban J connectivity index is 2.12. The zero-order valence-corrected chi connectivity index (χ0v) is 15.0. The van der Waals surface area contributed by atoms with Crippen LogP contribution in [0.4, 0.5) is 0 Å². The molecule has 8 heteroatoms. The summed E-state index contributed by atoms with van der Waals surface area (Å²) in [4.78, 5) is 51.9. The Labute approximate surface area is 159 Å². The van der Waals surface area contributed by atoms with Gasteiger partial charge in [-0.25, -0.2) is 9.36 Å². The van der Waals surface area contributed by atoms with Crippen LogP contribution in [0.3, 0.4) is 0 Å². The van der Waals surface area contributed by atoms with Crippen molar-refractivity contribution < 1.29 is 14.7 Å². The second kappa shape index (κ2) is 7.91. The zero-order valence-electron chi connectivity index (χ0n) is 15.0. The number of amides is 1. The lowest BCUT2D eigenvalue weighted by molar-refractivity contribution is -0.307. The first-order valence-corrected chi connectivity index (χ1v) is 8.67. The monoisotopic (exact) mass is 380 g/mol. The number of aromatic amines is 1. The first-order valence-electron chi connectivity index (χ1n) is 8.67. The quantitative estimate of drug-likeness (QED) is 0.609. The molecule has 1 heterocycles. The molecule has 0 fully saturated rings. The number of nitrogens with zero attached hydrogens (tertiary/aromatic N) is 1. The number of aliphatic carboxylic acids is 1. The van der Waals surface area contributed by atoms with E-state index < -0.39 is 35.2 Å². The van der Waals surface area contributed by atoms with E-state index in [0.29, 0.717) is 11.1 Å². The first-order chi connectivity index (χ1) is 13.4. The van der Waals surface area contributed by atoms with Gasteiger partial charge in [0, 0.05) is 6.42 Å². The van der Waals surface area contributed by atoms with Crippen molar-refractivity contribution >= 4 is 22.8 Å². The van der Waals surface area contributed by atoms with Gasteiger partial charge in [-0.2, -0.15) is 0 Å². The number of fused-ring (bicyclic) bond motifs is 1. The molecule has 2 aromatic carbocycles. The van der Waals surface area contributed by atoms with E-state index in [1.807, 2.05) is 0 Å². The van der Waals surface area contributed by atoms with Gasteiger partial charge in [0.15, 0.2) is 0 Å². The van der Waals surface area contributed by atoms with Gasteiger partial charge >= 0.3 is 5.69 Å². The van der Waals surface area contributed by atoms with E-state index in [1.165, 1.54) is 6.92 Å². The van der Waals surface area contributed by atoms with Crippen molar-refractivity contribution in [2.75, 3.05) is 0 Å². The Morgan fingerprint density at radius 2 is 1.71 bits per heavy atom. The minimum atomic E-state index is -1.47. The molecule has 1 aromatic heterocycles. The molecule has 2 atom stereocenters. The van der Waals surface area contributed by atoms with Crippen molar-refractivity contribution in [1.82, 2.24) is 14.9 Å². The summed E-state index contributed by atoms with van der Waals surface area (Å²) >= 11 is 0. The number of H-pyrrole nitrogens is 1. The van der Waals surface area contributed by atoms with Crippen LogP contribution in [-0.2, 0) is 16.0 Å². The van der Waals surface area contributed by atoms with Gasteiger partial charge in [0.05, 0.1) is 22.9 Å². The molecule has 144 valence electrons. The molecule has 0 spiro atoms. The molecule has 2 N–H and O–H groups in total. The van der Waals surface area contributed by atoms with Gasteiger partial charge in [-0.05, 0) is 24.6 Å². The maximum absolute atomic E-state index is 12.9. The Kier molecular flexibility index (Phi) is 5.39. The number of hydrogen-bond donors (Lipinski definition) is 2. The largest absolute Gasteiger partial charge is 0.548 e. The predicted molar refractivity (Wildman–Crippen MR) is 101 cm³/mol. The van der Waals surface area contributed by atoms with Crippen LogP contribution in [0.15, 0.2) is 64.2 Å². The molecule has 0 saturated heterocycles. The number of carbonyl (C=O) groups is 2. The van der Waals surface area contributed by atoms with Crippen molar-refractivity contribution in [3.8, 4) is 0 Å². The highest BCUT2D eigenvalue weighted by atomic mass is 16.4. The number of carboxylic acid groups (broad SMARTS) is 1. The molecule has 0 aliphatic carbocycles. The van der Waals surface area contributed by atoms with Gasteiger partial charge < -0.3 is 20.2 Å². The summed E-state index contributed by atoms with van der Waals surface area (Å²) in [5.74, 6) is -2.23. The summed E-state index contributed by atoms with van der Waals surface area (Å²) in [6.45, 7) is 1.25. The number of carbonyl (C=O) groups excluding carboxylic acids is 2. The smallest absolute Gasteiger partial charge is 0.329 e. The summed E-state index contributed by atoms with van der Waals surface area (Å²) in [6, 6.07) is 12.8. The second-order valence-electron chi connectivity index (χ2n) is 6.41. The predicted octanol–water partition coefficient (Wildman–Crippen LogP) is -0.272. The zero-order chi connectivity index (χ0) is 20.3. The number of benzene rings is 2. The Hall–Kier alpha value is -3.68. The highest BCUT2D eigenvalue weighted by Crippen LogP contribution is 2.14. The van der Waals surface area contributed by atoms with E-state index >= 15 is 0 Å². The van der Waals surface area contributed by atoms with E-state index in [1.54, 1.807) is 54.6 Å². The van der Waals surface area contributed by atoms with Crippen LogP contribution >= 0.6 is 0 Å². The minimum Gasteiger partial charge on any atom is -0.548 e. The van der Waals surface area contributed by atoms with Crippen molar-refractivity contribution in [2.45, 2.75) is 25.4 Å². The first kappa shape index (κ1) is 19.1. The van der Waals surface area contributed by atoms with E-state index in [9.17, 15) is 24.3 Å². The molecule has 3 aromatic rings. The fourth-order valence-corrected chi connectivity index (χ4v) is 2.97. The van der Waals surface area contributed by atoms with Gasteiger partial charge in [0.2, 0.25) is 5.91 Å². The fourth-order valence-electron chi connectivity index (χ4n) is 2.97. The molecular weight excluding hydrogens is 362 g/mol. The molecule has 28 heavy (non-hydrogen) atoms. The van der Waals surface area contributed by atoms with E-state index in [4.69, 9.17) is 0 Å². The summed E-state index contributed by atoms with van der Waals surface area (Å²) in [7, 11) is 0. The maximum atomic E-state index is 12.9. The van der Waals surface area contributed by atoms with Crippen LogP contribution in [0.5, 0.6) is 0 Å². The third-order valence-electron chi connectivity index (χ3n) is 4.44. The molecular formula is C20H18N3O5-. The van der Waals surface area contributed by atoms with Gasteiger partial charge in [0.1, 0.15) is 6.04 Å². The normalized spacial score (nSPS) is 13.0. The van der Waals surface area contributed by atoms with Crippen molar-refractivity contribution in [3.63, 3.8) is 0 Å². The lowest BCUT2D eigenvalue weighted by Gasteiger charge is -2.22. The van der Waals surface area contributed by atoms with Crippen molar-refractivity contribution in [3.05, 3.63) is 81.0 Å². The van der Waals surface area contributed by atoms with Crippen molar-refractivity contribution in [2.24, 2.45) is 0 Å². The topological polar surface area (TPSA) is 124 Å². The molecule has 0 bridgehead atoms. The molecule has 1 amide bonds. The average molecular weight is 380 g/mol. The highest BCUT2D eigenvalue weighted by Gasteiger charge is 2.26. The lowest BCUT2D eigenvalue weighted by atomic mass is 10.0. The Morgan fingerprint density at radius 3 is 2.39 bits per heavy atom. The number of para-hydroxylation sites is 1. The van der Waals surface area contributed by atoms with Gasteiger partial charge in [-0.15, -0.1) is 0 Å². The van der Waals surface area contributed by atoms with Crippen LogP contribution in [0, 0.1) is 0 Å². The van der Waals surface area contributed by atoms with E-state index in [-0.39, 0.29) is 11.8 Å². The third-order valence-corrected chi connectivity index (χ3v) is 4.44. The molecule has 3 rings (SSSR count). The Bertz CT molecular complexity index is 1130. The van der Waals surface area contributed by atoms with Gasteiger partial charge in [-0.3, -0.25) is 9.59 Å². The van der Waals surface area contributed by atoms with Crippen LogP contribution in [0.2, 0.25) is 0 Å². The molecule has 0 radical (unpaired) electrons. The third kappa shape index (κ3) is 3.85. The molecule has 0 unspecified atom stereocenters. The Morgan fingerprint density at radius 1 is 1.07 bits per heavy atom. The molecule has 0 saturated carbocycles. The average Bonchev–Trinajstić information content (AvgIpc) is 2.67. The van der Waals surface area contributed by atoms with E-state index in [2.05, 4.69) is 10.3 Å². The molecule has 0 aliphatic heterocycles. The lowest BCUT2D eigenvalue weighted by Crippen LogP contribution is -2.51. The summed E-state index contributed by atoms with van der Waals surface area (Å²) in [5.41, 5.74) is -0.309. The van der Waals surface area contributed by atoms with Gasteiger partial charge in [-0.1, -0.05) is 42.5 Å². The standard InChI is InChI=1S/C20H19N3O5/c1-12(19(26)27)21-17(24)16(11-13-7-3-2-4-8-13)23-18(25)14-9-5-6-10-15(14)22-20(23)28/h2-10,12,16H,11H2,1H3,(H,21,24)(H,22,28)(H,26,27)/p-1/t12-,16+/m1/s1. The molecule has 0 aliphatic rings. The number of hydrogen-bond acceptors (Lipinski definition) is 5. The minimum absolute atomic E-state index is 0.0355. The van der Waals surface area contributed by atoms with Gasteiger partial charge in [0.25, 0.3) is 5.56 Å². The number of carboxylic acids is 1. The number of nitrogens with one attached hydrogen (secondary N) is 2. The van der Waals surface area contributed by atoms with Crippen LogP contribution in [0.1, 0.15) is 18.5 Å². The summed E-state index contributed by atoms with van der Waals surface area (Å²) in [5, 5.41) is 13.5. The summed E-state index contributed by atoms with van der Waals surface area (Å²) < 4.78 is 0.826. The van der Waals surface area contributed by atoms with Crippen molar-refractivity contribution in [1.29, 1.82) is 0 Å². The van der Waals surface area contributed by atoms with Crippen LogP contribution in [-0.4, -0.2) is 27.5 Å². The van der Waals surface area contributed by atoms with Crippen LogP contribution in [0.25, 0.3) is 10.9 Å². The number of rotatable bonds is 6. The SMILES string of the molecule is C[C@@H](NC(=O)[C@H](Cc1ccccc1)n1c(=O)[nH]c2ccccc2c1=O)C(=O)[O-]. The summed E-state index contributed by atoms with van der Waals surface area (Å²) in [6.07, 6.45) is 0.0355. The fraction of sp³-hybridized carbons (Fsp3) is 0.200. The second-order valence-corrected chi connectivity index (χ2v) is 6.41. The van der Waals surface area contributed by atoms with Crippen LogP contribution < -0.4 is 21.7 Å². The highest BCUT2D eigenvalue weighted by molar-refractivity contribution is 5.86. The molecule has 8 nitrogen and oxygen atoms in total. The van der Waals surface area contributed by atoms with E-state index in [0.717, 1.165) is 4.57 Å². The maximum Gasteiger partial charge on any atom is 0.329 e. The number of aromatic nitrogens is 2.